The second-order valence-corrected chi connectivity index (χ2v) is 5.60. The molecule has 0 radical (unpaired) electrons. The van der Waals surface area contributed by atoms with Crippen molar-refractivity contribution in [3.63, 3.8) is 0 Å². The molecular weight excluding hydrogens is 224 g/mol. The van der Waals surface area contributed by atoms with Crippen LogP contribution in [0.25, 0.3) is 0 Å². The van der Waals surface area contributed by atoms with Gasteiger partial charge in [0.1, 0.15) is 0 Å². The lowest BCUT2D eigenvalue weighted by atomic mass is 9.77. The van der Waals surface area contributed by atoms with Crippen LogP contribution in [0.15, 0.2) is 33.9 Å². The zero-order chi connectivity index (χ0) is 12.9. The smallest absolute Gasteiger partial charge is 0.163 e. The lowest BCUT2D eigenvalue weighted by molar-refractivity contribution is -0.116. The number of allylic oxidation sites excluding steroid dienone is 6. The third kappa shape index (κ3) is 1.55. The number of carbonyl (C=O) groups is 2. The van der Waals surface area contributed by atoms with Crippen LogP contribution < -0.4 is 0 Å². The van der Waals surface area contributed by atoms with Gasteiger partial charge in [-0.2, -0.15) is 0 Å². The summed E-state index contributed by atoms with van der Waals surface area (Å²) in [5.41, 5.74) is 5.26. The Morgan fingerprint density at radius 1 is 1.06 bits per heavy atom. The van der Waals surface area contributed by atoms with Crippen LogP contribution in [0.5, 0.6) is 0 Å². The molecule has 2 heteroatoms. The molecule has 0 aromatic rings. The zero-order valence-corrected chi connectivity index (χ0v) is 11.0. The molecule has 3 aliphatic rings. The standard InChI is InChI=1S/C16H18O2/c1-9-13(17)7-6-11-4-3-5-12-8-14(18)10(2)16(12)15(9)11/h5,11H,3-4,6-8H2,1-2H3. The van der Waals surface area contributed by atoms with E-state index in [0.29, 0.717) is 18.8 Å². The fourth-order valence-electron chi connectivity index (χ4n) is 3.56. The van der Waals surface area contributed by atoms with Crippen molar-refractivity contribution in [3.8, 4) is 0 Å². The molecule has 2 nitrogen and oxygen atoms in total. The van der Waals surface area contributed by atoms with Gasteiger partial charge in [0.25, 0.3) is 0 Å². The average molecular weight is 242 g/mol. The number of ketones is 2. The normalized spacial score (nSPS) is 28.1. The van der Waals surface area contributed by atoms with Crippen LogP contribution in [-0.4, -0.2) is 11.6 Å². The minimum atomic E-state index is 0.232. The maximum absolute atomic E-state index is 12.0. The summed E-state index contributed by atoms with van der Waals surface area (Å²) >= 11 is 0. The van der Waals surface area contributed by atoms with Crippen LogP contribution >= 0.6 is 0 Å². The van der Waals surface area contributed by atoms with Crippen molar-refractivity contribution >= 4 is 11.6 Å². The summed E-state index contributed by atoms with van der Waals surface area (Å²) < 4.78 is 0. The van der Waals surface area contributed by atoms with E-state index in [0.717, 1.165) is 36.0 Å². The second kappa shape index (κ2) is 4.04. The maximum atomic E-state index is 12.0. The largest absolute Gasteiger partial charge is 0.295 e. The van der Waals surface area contributed by atoms with E-state index in [1.807, 2.05) is 13.8 Å². The quantitative estimate of drug-likeness (QED) is 0.653. The zero-order valence-electron chi connectivity index (χ0n) is 11.0. The van der Waals surface area contributed by atoms with Gasteiger partial charge in [0.15, 0.2) is 11.6 Å². The van der Waals surface area contributed by atoms with Crippen molar-refractivity contribution in [1.82, 2.24) is 0 Å². The van der Waals surface area contributed by atoms with Gasteiger partial charge in [0.2, 0.25) is 0 Å². The van der Waals surface area contributed by atoms with Crippen LogP contribution in [-0.2, 0) is 9.59 Å². The molecule has 0 fully saturated rings. The first-order chi connectivity index (χ1) is 8.59. The van der Waals surface area contributed by atoms with E-state index >= 15 is 0 Å². The molecule has 0 N–H and O–H groups in total. The van der Waals surface area contributed by atoms with E-state index in [1.165, 1.54) is 11.1 Å². The molecule has 0 bridgehead atoms. The summed E-state index contributed by atoms with van der Waals surface area (Å²) in [5, 5.41) is 0. The van der Waals surface area contributed by atoms with Gasteiger partial charge in [0, 0.05) is 18.4 Å². The first-order valence-corrected chi connectivity index (χ1v) is 6.77. The highest BCUT2D eigenvalue weighted by Gasteiger charge is 2.35. The number of Topliss-reactive ketones (excluding diaryl/α,β-unsaturated/α-hetero) is 2. The summed E-state index contributed by atoms with van der Waals surface area (Å²) in [6.07, 6.45) is 6.54. The summed E-state index contributed by atoms with van der Waals surface area (Å²) in [4.78, 5) is 23.9. The Morgan fingerprint density at radius 2 is 1.83 bits per heavy atom. The summed E-state index contributed by atoms with van der Waals surface area (Å²) in [6, 6.07) is 0. The van der Waals surface area contributed by atoms with Crippen LogP contribution in [0.4, 0.5) is 0 Å². The molecule has 0 aliphatic heterocycles. The summed E-state index contributed by atoms with van der Waals surface area (Å²) in [6.45, 7) is 3.86. The van der Waals surface area contributed by atoms with Crippen molar-refractivity contribution in [2.45, 2.75) is 46.0 Å². The fraction of sp³-hybridized carbons (Fsp3) is 0.500. The molecule has 0 amide bonds. The van der Waals surface area contributed by atoms with Crippen LogP contribution in [0, 0.1) is 5.92 Å². The lowest BCUT2D eigenvalue weighted by Crippen LogP contribution is -2.19. The molecular formula is C16H18O2. The Kier molecular flexibility index (Phi) is 2.61. The van der Waals surface area contributed by atoms with Gasteiger partial charge < -0.3 is 0 Å². The maximum Gasteiger partial charge on any atom is 0.163 e. The molecule has 0 aromatic carbocycles. The minimum absolute atomic E-state index is 0.232. The first-order valence-electron chi connectivity index (χ1n) is 6.77. The number of fused-ring (bicyclic) bond motifs is 3. The molecule has 0 saturated heterocycles. The molecule has 3 rings (SSSR count). The Hall–Kier alpha value is -1.44. The monoisotopic (exact) mass is 242 g/mol. The average Bonchev–Trinajstić information content (AvgIpc) is 2.53. The molecule has 0 saturated carbocycles. The predicted octanol–water partition coefficient (Wildman–Crippen LogP) is 3.29. The fourth-order valence-corrected chi connectivity index (χ4v) is 3.56. The molecule has 1 unspecified atom stereocenters. The lowest BCUT2D eigenvalue weighted by Gasteiger charge is -2.26. The van der Waals surface area contributed by atoms with Gasteiger partial charge in [-0.1, -0.05) is 6.08 Å². The van der Waals surface area contributed by atoms with Gasteiger partial charge >= 0.3 is 0 Å². The first kappa shape index (κ1) is 11.6. The third-order valence-electron chi connectivity index (χ3n) is 4.59. The number of hydrogen-bond donors (Lipinski definition) is 0. The van der Waals surface area contributed by atoms with Crippen molar-refractivity contribution < 1.29 is 9.59 Å². The Labute approximate surface area is 107 Å². The summed E-state index contributed by atoms with van der Waals surface area (Å²) in [5.74, 6) is 0.977. The van der Waals surface area contributed by atoms with E-state index in [2.05, 4.69) is 6.08 Å². The van der Waals surface area contributed by atoms with Crippen molar-refractivity contribution in [2.75, 3.05) is 0 Å². The van der Waals surface area contributed by atoms with Gasteiger partial charge in [-0.05, 0) is 61.3 Å². The highest BCUT2D eigenvalue weighted by Crippen LogP contribution is 2.45. The van der Waals surface area contributed by atoms with E-state index in [-0.39, 0.29) is 11.6 Å². The van der Waals surface area contributed by atoms with E-state index in [4.69, 9.17) is 0 Å². The highest BCUT2D eigenvalue weighted by atomic mass is 16.1. The molecule has 1 atom stereocenters. The van der Waals surface area contributed by atoms with Crippen molar-refractivity contribution in [3.05, 3.63) is 33.9 Å². The minimum Gasteiger partial charge on any atom is -0.295 e. The van der Waals surface area contributed by atoms with Gasteiger partial charge in [-0.3, -0.25) is 9.59 Å². The molecule has 0 spiro atoms. The van der Waals surface area contributed by atoms with Crippen molar-refractivity contribution in [2.24, 2.45) is 5.92 Å². The Balaban J connectivity index is 2.23. The van der Waals surface area contributed by atoms with Gasteiger partial charge in [0.05, 0.1) is 0 Å². The molecule has 18 heavy (non-hydrogen) atoms. The molecule has 0 heterocycles. The number of hydrogen-bond acceptors (Lipinski definition) is 2. The van der Waals surface area contributed by atoms with Crippen molar-refractivity contribution in [1.29, 1.82) is 0 Å². The van der Waals surface area contributed by atoms with E-state index in [1.54, 1.807) is 0 Å². The highest BCUT2D eigenvalue weighted by molar-refractivity contribution is 6.05. The Morgan fingerprint density at radius 3 is 2.61 bits per heavy atom. The van der Waals surface area contributed by atoms with Crippen LogP contribution in [0.3, 0.4) is 0 Å². The van der Waals surface area contributed by atoms with E-state index < -0.39 is 0 Å². The summed E-state index contributed by atoms with van der Waals surface area (Å²) in [7, 11) is 0. The Bertz CT molecular complexity index is 543. The third-order valence-corrected chi connectivity index (χ3v) is 4.59. The molecule has 3 aliphatic carbocycles. The number of rotatable bonds is 0. The predicted molar refractivity (Wildman–Crippen MR) is 70.1 cm³/mol. The molecule has 94 valence electrons. The topological polar surface area (TPSA) is 34.1 Å². The van der Waals surface area contributed by atoms with E-state index in [9.17, 15) is 9.59 Å². The van der Waals surface area contributed by atoms with Crippen LogP contribution in [0.1, 0.15) is 46.0 Å². The SMILES string of the molecule is CC1=C2C(=CCCC3CCC(=O)C(C)=C23)CC1=O. The molecule has 0 aromatic heterocycles. The number of carbonyl (C=O) groups excluding carboxylic acids is 2. The van der Waals surface area contributed by atoms with Crippen LogP contribution in [0.2, 0.25) is 0 Å². The van der Waals surface area contributed by atoms with Gasteiger partial charge in [-0.15, -0.1) is 0 Å². The second-order valence-electron chi connectivity index (χ2n) is 5.60. The van der Waals surface area contributed by atoms with Gasteiger partial charge in [-0.25, -0.2) is 0 Å².